The maximum atomic E-state index is 4.49. The first-order valence-electron chi connectivity index (χ1n) is 7.41. The molecule has 1 saturated carbocycles. The Morgan fingerprint density at radius 1 is 1.37 bits per heavy atom. The van der Waals surface area contributed by atoms with Crippen LogP contribution in [0.25, 0.3) is 0 Å². The van der Waals surface area contributed by atoms with E-state index in [9.17, 15) is 0 Å². The van der Waals surface area contributed by atoms with Crippen molar-refractivity contribution in [1.82, 2.24) is 19.8 Å². The van der Waals surface area contributed by atoms with E-state index in [1.807, 2.05) is 12.4 Å². The van der Waals surface area contributed by atoms with Gasteiger partial charge in [-0.1, -0.05) is 19.3 Å². The third-order valence-corrected chi connectivity index (χ3v) is 4.91. The van der Waals surface area contributed by atoms with Gasteiger partial charge in [0.15, 0.2) is 0 Å². The number of aryl methyl sites for hydroxylation is 1. The Hall–Kier alpha value is -0.870. The lowest BCUT2D eigenvalue weighted by Gasteiger charge is -2.48. The van der Waals surface area contributed by atoms with Crippen molar-refractivity contribution in [3.8, 4) is 0 Å². The summed E-state index contributed by atoms with van der Waals surface area (Å²) in [5, 5.41) is 3.56. The molecule has 0 aliphatic heterocycles. The summed E-state index contributed by atoms with van der Waals surface area (Å²) in [6.45, 7) is 0. The van der Waals surface area contributed by atoms with Crippen molar-refractivity contribution in [2.75, 3.05) is 21.1 Å². The average Bonchev–Trinajstić information content (AvgIpc) is 2.82. The molecule has 0 amide bonds. The van der Waals surface area contributed by atoms with E-state index in [1.54, 1.807) is 0 Å². The molecular formula is C15H28N4. The molecule has 1 aromatic rings. The molecule has 19 heavy (non-hydrogen) atoms. The molecule has 1 heterocycles. The Morgan fingerprint density at radius 2 is 2.05 bits per heavy atom. The average molecular weight is 264 g/mol. The summed E-state index contributed by atoms with van der Waals surface area (Å²) in [5.74, 6) is 1.17. The molecule has 1 aromatic heterocycles. The van der Waals surface area contributed by atoms with Crippen LogP contribution in [0.4, 0.5) is 0 Å². The molecule has 0 aromatic carbocycles. The first kappa shape index (κ1) is 14.5. The summed E-state index contributed by atoms with van der Waals surface area (Å²) >= 11 is 0. The second-order valence-corrected chi connectivity index (χ2v) is 6.06. The van der Waals surface area contributed by atoms with Gasteiger partial charge in [-0.05, 0) is 34.0 Å². The molecule has 1 atom stereocenters. The van der Waals surface area contributed by atoms with Gasteiger partial charge in [-0.25, -0.2) is 4.98 Å². The van der Waals surface area contributed by atoms with Crippen molar-refractivity contribution in [2.24, 2.45) is 7.05 Å². The van der Waals surface area contributed by atoms with Crippen molar-refractivity contribution in [3.05, 3.63) is 18.2 Å². The van der Waals surface area contributed by atoms with E-state index in [4.69, 9.17) is 0 Å². The number of imidazole rings is 1. The standard InChI is InChI=1S/C15H28N4/c1-16-13(12-14-17-10-11-19(14)4)15(18(2)3)8-6-5-7-9-15/h10-11,13,16H,5-9,12H2,1-4H3. The monoisotopic (exact) mass is 264 g/mol. The largest absolute Gasteiger partial charge is 0.338 e. The number of rotatable bonds is 5. The molecule has 0 saturated heterocycles. The quantitative estimate of drug-likeness (QED) is 0.880. The Labute approximate surface area is 117 Å². The van der Waals surface area contributed by atoms with Crippen molar-refractivity contribution >= 4 is 0 Å². The van der Waals surface area contributed by atoms with E-state index in [-0.39, 0.29) is 5.54 Å². The molecule has 108 valence electrons. The molecule has 0 bridgehead atoms. The van der Waals surface area contributed by atoms with Crippen molar-refractivity contribution in [3.63, 3.8) is 0 Å². The van der Waals surface area contributed by atoms with Crippen LogP contribution < -0.4 is 5.32 Å². The smallest absolute Gasteiger partial charge is 0.109 e. The van der Waals surface area contributed by atoms with Gasteiger partial charge in [0, 0.05) is 37.4 Å². The minimum atomic E-state index is 0.277. The number of hydrogen-bond acceptors (Lipinski definition) is 3. The van der Waals surface area contributed by atoms with Gasteiger partial charge >= 0.3 is 0 Å². The lowest BCUT2D eigenvalue weighted by molar-refractivity contribution is 0.0588. The van der Waals surface area contributed by atoms with E-state index >= 15 is 0 Å². The summed E-state index contributed by atoms with van der Waals surface area (Å²) in [7, 11) is 8.63. The molecule has 1 aliphatic rings. The molecule has 1 aliphatic carbocycles. The summed E-state index contributed by atoms with van der Waals surface area (Å²) < 4.78 is 2.14. The fraction of sp³-hybridized carbons (Fsp3) is 0.800. The van der Waals surface area contributed by atoms with E-state index in [0.717, 1.165) is 6.42 Å². The van der Waals surface area contributed by atoms with Crippen molar-refractivity contribution < 1.29 is 0 Å². The Kier molecular flexibility index (Phi) is 4.63. The number of hydrogen-bond donors (Lipinski definition) is 1. The molecular weight excluding hydrogens is 236 g/mol. The van der Waals surface area contributed by atoms with E-state index in [2.05, 4.69) is 48.0 Å². The van der Waals surface area contributed by atoms with Crippen LogP contribution >= 0.6 is 0 Å². The predicted octanol–water partition coefficient (Wildman–Crippen LogP) is 1.82. The van der Waals surface area contributed by atoms with Gasteiger partial charge in [-0.3, -0.25) is 0 Å². The molecule has 4 nitrogen and oxygen atoms in total. The van der Waals surface area contributed by atoms with Gasteiger partial charge in [-0.2, -0.15) is 0 Å². The zero-order chi connectivity index (χ0) is 13.9. The Morgan fingerprint density at radius 3 is 2.53 bits per heavy atom. The highest BCUT2D eigenvalue weighted by atomic mass is 15.2. The van der Waals surface area contributed by atoms with Crippen LogP contribution in [-0.4, -0.2) is 47.2 Å². The molecule has 0 spiro atoms. The minimum absolute atomic E-state index is 0.277. The van der Waals surface area contributed by atoms with Crippen LogP contribution in [0.1, 0.15) is 37.9 Å². The number of nitrogens with one attached hydrogen (secondary N) is 1. The van der Waals surface area contributed by atoms with Gasteiger partial charge in [-0.15, -0.1) is 0 Å². The highest BCUT2D eigenvalue weighted by molar-refractivity contribution is 5.05. The highest BCUT2D eigenvalue weighted by Gasteiger charge is 2.41. The molecule has 1 unspecified atom stereocenters. The minimum Gasteiger partial charge on any atom is -0.338 e. The van der Waals surface area contributed by atoms with Gasteiger partial charge in [0.05, 0.1) is 0 Å². The van der Waals surface area contributed by atoms with E-state index in [1.165, 1.54) is 37.9 Å². The lowest BCUT2D eigenvalue weighted by atomic mass is 9.74. The first-order valence-corrected chi connectivity index (χ1v) is 7.41. The SMILES string of the molecule is CNC(Cc1nccn1C)C1(N(C)C)CCCCC1. The van der Waals surface area contributed by atoms with Crippen LogP contribution in [0.15, 0.2) is 12.4 Å². The predicted molar refractivity (Wildman–Crippen MR) is 79.3 cm³/mol. The topological polar surface area (TPSA) is 33.1 Å². The van der Waals surface area contributed by atoms with Crippen molar-refractivity contribution in [1.29, 1.82) is 0 Å². The van der Waals surface area contributed by atoms with Gasteiger partial charge < -0.3 is 14.8 Å². The van der Waals surface area contributed by atoms with Crippen LogP contribution in [0.2, 0.25) is 0 Å². The maximum Gasteiger partial charge on any atom is 0.109 e. The number of aromatic nitrogens is 2. The summed E-state index contributed by atoms with van der Waals surface area (Å²) in [5.41, 5.74) is 0.277. The fourth-order valence-electron chi connectivity index (χ4n) is 3.61. The van der Waals surface area contributed by atoms with Gasteiger partial charge in [0.1, 0.15) is 5.82 Å². The second-order valence-electron chi connectivity index (χ2n) is 6.06. The second kappa shape index (κ2) is 6.06. The maximum absolute atomic E-state index is 4.49. The first-order chi connectivity index (χ1) is 9.10. The Balaban J connectivity index is 2.20. The number of nitrogens with zero attached hydrogens (tertiary/aromatic N) is 3. The zero-order valence-corrected chi connectivity index (χ0v) is 12.8. The molecule has 1 fully saturated rings. The van der Waals surface area contributed by atoms with Crippen LogP contribution in [0.5, 0.6) is 0 Å². The summed E-state index contributed by atoms with van der Waals surface area (Å²) in [6.07, 6.45) is 11.6. The molecule has 2 rings (SSSR count). The summed E-state index contributed by atoms with van der Waals surface area (Å²) in [4.78, 5) is 6.93. The Bertz CT molecular complexity index is 391. The normalized spacial score (nSPS) is 20.7. The van der Waals surface area contributed by atoms with Crippen LogP contribution in [0.3, 0.4) is 0 Å². The van der Waals surface area contributed by atoms with E-state index < -0.39 is 0 Å². The van der Waals surface area contributed by atoms with E-state index in [0.29, 0.717) is 6.04 Å². The third kappa shape index (κ3) is 2.84. The lowest BCUT2D eigenvalue weighted by Crippen LogP contribution is -2.60. The fourth-order valence-corrected chi connectivity index (χ4v) is 3.61. The molecule has 1 N–H and O–H groups in total. The van der Waals surface area contributed by atoms with Gasteiger partial charge in [0.2, 0.25) is 0 Å². The highest BCUT2D eigenvalue weighted by Crippen LogP contribution is 2.36. The molecule has 4 heteroatoms. The van der Waals surface area contributed by atoms with Crippen LogP contribution in [0, 0.1) is 0 Å². The third-order valence-electron chi connectivity index (χ3n) is 4.91. The van der Waals surface area contributed by atoms with Crippen molar-refractivity contribution in [2.45, 2.75) is 50.1 Å². The zero-order valence-electron chi connectivity index (χ0n) is 12.8. The molecule has 0 radical (unpaired) electrons. The van der Waals surface area contributed by atoms with Gasteiger partial charge in [0.25, 0.3) is 0 Å². The van der Waals surface area contributed by atoms with Crippen LogP contribution in [-0.2, 0) is 13.5 Å². The summed E-state index contributed by atoms with van der Waals surface area (Å²) in [6, 6.07) is 0.462. The number of likely N-dealkylation sites (N-methyl/N-ethyl adjacent to an activating group) is 2.